The third kappa shape index (κ3) is 5.16. The fraction of sp³-hybridized carbons (Fsp3) is 0.571. The molecule has 2 rings (SSSR count). The summed E-state index contributed by atoms with van der Waals surface area (Å²) in [4.78, 5) is 2.33. The first-order valence-corrected chi connectivity index (χ1v) is 7.99. The Morgan fingerprint density at radius 1 is 1.19 bits per heavy atom. The molecule has 0 aliphatic carbocycles. The summed E-state index contributed by atoms with van der Waals surface area (Å²) in [5.74, 6) is 1.04. The monoisotopic (exact) mass is 322 g/mol. The van der Waals surface area contributed by atoms with Gasteiger partial charge in [-0.15, -0.1) is 0 Å². The molecule has 2 nitrogen and oxygen atoms in total. The van der Waals surface area contributed by atoms with Crippen LogP contribution in [-0.4, -0.2) is 42.6 Å². The quantitative estimate of drug-likeness (QED) is 0.663. The van der Waals surface area contributed by atoms with Crippen LogP contribution in [0.4, 0.5) is 17.6 Å². The zero-order valence-electron chi connectivity index (χ0n) is 11.5. The van der Waals surface area contributed by atoms with Gasteiger partial charge in [0.05, 0.1) is 5.56 Å². The fourth-order valence-electron chi connectivity index (χ4n) is 2.19. The van der Waals surface area contributed by atoms with Crippen molar-refractivity contribution in [3.8, 4) is 0 Å². The molecular weight excluding hydrogens is 304 g/mol. The average molecular weight is 322 g/mol. The fourth-order valence-corrected chi connectivity index (χ4v) is 3.17. The highest BCUT2D eigenvalue weighted by molar-refractivity contribution is 7.99. The van der Waals surface area contributed by atoms with Crippen molar-refractivity contribution >= 4 is 11.8 Å². The van der Waals surface area contributed by atoms with Gasteiger partial charge in [0.2, 0.25) is 0 Å². The normalized spacial score (nSPS) is 17.1. The van der Waals surface area contributed by atoms with Crippen molar-refractivity contribution in [1.82, 2.24) is 10.2 Å². The number of hydrogen-bond acceptors (Lipinski definition) is 3. The first kappa shape index (κ1) is 16.6. The third-order valence-electron chi connectivity index (χ3n) is 3.37. The van der Waals surface area contributed by atoms with E-state index in [1.807, 2.05) is 11.8 Å². The SMILES string of the molecule is Fc1ccc(CNCCN2CCSCC2)cc1C(F)(F)F. The molecule has 0 bridgehead atoms. The van der Waals surface area contributed by atoms with E-state index < -0.39 is 17.6 Å². The van der Waals surface area contributed by atoms with Gasteiger partial charge in [-0.3, -0.25) is 0 Å². The van der Waals surface area contributed by atoms with Crippen LogP contribution >= 0.6 is 11.8 Å². The Balaban J connectivity index is 1.80. The second-order valence-electron chi connectivity index (χ2n) is 4.94. The highest BCUT2D eigenvalue weighted by Crippen LogP contribution is 2.31. The molecule has 1 fully saturated rings. The Labute approximate surface area is 125 Å². The summed E-state index contributed by atoms with van der Waals surface area (Å²) in [5, 5.41) is 3.11. The predicted octanol–water partition coefficient (Wildman–Crippen LogP) is 2.98. The molecule has 0 spiro atoms. The highest BCUT2D eigenvalue weighted by atomic mass is 32.2. The molecule has 118 valence electrons. The van der Waals surface area contributed by atoms with E-state index in [0.29, 0.717) is 18.7 Å². The summed E-state index contributed by atoms with van der Waals surface area (Å²) in [5.41, 5.74) is -0.757. The Morgan fingerprint density at radius 3 is 2.57 bits per heavy atom. The molecule has 1 aliphatic heterocycles. The number of halogens is 4. The van der Waals surface area contributed by atoms with Gasteiger partial charge in [0.25, 0.3) is 0 Å². The predicted molar refractivity (Wildman–Crippen MR) is 76.9 cm³/mol. The van der Waals surface area contributed by atoms with Crippen molar-refractivity contribution in [1.29, 1.82) is 0 Å². The van der Waals surface area contributed by atoms with E-state index in [-0.39, 0.29) is 0 Å². The van der Waals surface area contributed by atoms with E-state index >= 15 is 0 Å². The van der Waals surface area contributed by atoms with Gasteiger partial charge in [-0.25, -0.2) is 4.39 Å². The van der Waals surface area contributed by atoms with Crippen LogP contribution in [0.1, 0.15) is 11.1 Å². The molecule has 1 aromatic carbocycles. The number of hydrogen-bond donors (Lipinski definition) is 1. The summed E-state index contributed by atoms with van der Waals surface area (Å²) in [6.07, 6.45) is -4.65. The second kappa shape index (κ2) is 7.47. The highest BCUT2D eigenvalue weighted by Gasteiger charge is 2.34. The van der Waals surface area contributed by atoms with Crippen LogP contribution in [0.3, 0.4) is 0 Å². The van der Waals surface area contributed by atoms with E-state index in [4.69, 9.17) is 0 Å². The number of rotatable bonds is 5. The lowest BCUT2D eigenvalue weighted by molar-refractivity contribution is -0.140. The topological polar surface area (TPSA) is 15.3 Å². The molecule has 0 aromatic heterocycles. The van der Waals surface area contributed by atoms with Crippen molar-refractivity contribution in [2.75, 3.05) is 37.7 Å². The average Bonchev–Trinajstić information content (AvgIpc) is 2.45. The van der Waals surface area contributed by atoms with Gasteiger partial charge in [0.1, 0.15) is 5.82 Å². The first-order chi connectivity index (χ1) is 9.97. The molecule has 0 radical (unpaired) electrons. The van der Waals surface area contributed by atoms with Gasteiger partial charge in [-0.1, -0.05) is 6.07 Å². The van der Waals surface area contributed by atoms with Gasteiger partial charge in [0.15, 0.2) is 0 Å². The lowest BCUT2D eigenvalue weighted by atomic mass is 10.1. The van der Waals surface area contributed by atoms with Crippen LogP contribution in [0.15, 0.2) is 18.2 Å². The Hall–Kier alpha value is -0.790. The summed E-state index contributed by atoms with van der Waals surface area (Å²) in [7, 11) is 0. The number of thioether (sulfide) groups is 1. The minimum absolute atomic E-state index is 0.311. The van der Waals surface area contributed by atoms with Crippen LogP contribution in [0, 0.1) is 5.82 Å². The van der Waals surface area contributed by atoms with Gasteiger partial charge >= 0.3 is 6.18 Å². The van der Waals surface area contributed by atoms with Crippen molar-refractivity contribution in [3.05, 3.63) is 35.1 Å². The van der Waals surface area contributed by atoms with Crippen LogP contribution in [-0.2, 0) is 12.7 Å². The zero-order chi connectivity index (χ0) is 15.3. The van der Waals surface area contributed by atoms with E-state index in [1.165, 1.54) is 6.07 Å². The first-order valence-electron chi connectivity index (χ1n) is 6.83. The molecule has 7 heteroatoms. The van der Waals surface area contributed by atoms with Crippen molar-refractivity contribution in [2.24, 2.45) is 0 Å². The second-order valence-corrected chi connectivity index (χ2v) is 6.17. The molecule has 0 atom stereocenters. The summed E-state index contributed by atoms with van der Waals surface area (Å²) in [6, 6.07) is 3.14. The van der Waals surface area contributed by atoms with E-state index in [9.17, 15) is 17.6 Å². The van der Waals surface area contributed by atoms with Gasteiger partial charge in [-0.2, -0.15) is 24.9 Å². The standard InChI is InChI=1S/C14H18F4N2S/c15-13-2-1-11(9-12(13)14(16,17)18)10-19-3-4-20-5-7-21-8-6-20/h1-2,9,19H,3-8,10H2. The molecule has 0 amide bonds. The maximum absolute atomic E-state index is 13.1. The van der Waals surface area contributed by atoms with E-state index in [2.05, 4.69) is 10.2 Å². The zero-order valence-corrected chi connectivity index (χ0v) is 12.4. The largest absolute Gasteiger partial charge is 0.419 e. The van der Waals surface area contributed by atoms with Crippen molar-refractivity contribution < 1.29 is 17.6 Å². The number of alkyl halides is 3. The molecule has 0 saturated carbocycles. The Morgan fingerprint density at radius 2 is 1.90 bits per heavy atom. The number of nitrogens with one attached hydrogen (secondary N) is 1. The van der Waals surface area contributed by atoms with Crippen LogP contribution in [0.25, 0.3) is 0 Å². The molecule has 21 heavy (non-hydrogen) atoms. The minimum atomic E-state index is -4.65. The van der Waals surface area contributed by atoms with Gasteiger partial charge in [-0.05, 0) is 17.7 Å². The van der Waals surface area contributed by atoms with Crippen LogP contribution in [0.2, 0.25) is 0 Å². The number of nitrogens with zero attached hydrogens (tertiary/aromatic N) is 1. The lowest BCUT2D eigenvalue weighted by Crippen LogP contribution is -2.37. The summed E-state index contributed by atoms with van der Waals surface area (Å²) < 4.78 is 50.9. The van der Waals surface area contributed by atoms with E-state index in [1.54, 1.807) is 0 Å². The molecule has 0 unspecified atom stereocenters. The molecule has 1 aromatic rings. The Kier molecular flexibility index (Phi) is 5.89. The van der Waals surface area contributed by atoms with E-state index in [0.717, 1.165) is 43.3 Å². The van der Waals surface area contributed by atoms with Crippen molar-refractivity contribution in [3.63, 3.8) is 0 Å². The maximum atomic E-state index is 13.1. The molecule has 1 saturated heterocycles. The molecule has 1 heterocycles. The summed E-state index contributed by atoms with van der Waals surface area (Å²) >= 11 is 1.94. The van der Waals surface area contributed by atoms with Crippen LogP contribution < -0.4 is 5.32 Å². The number of benzene rings is 1. The van der Waals surface area contributed by atoms with Gasteiger partial charge < -0.3 is 10.2 Å². The molecular formula is C14H18F4N2S. The molecule has 1 N–H and O–H groups in total. The summed E-state index contributed by atoms with van der Waals surface area (Å²) in [6.45, 7) is 4.02. The van der Waals surface area contributed by atoms with Crippen molar-refractivity contribution in [2.45, 2.75) is 12.7 Å². The Bertz CT molecular complexity index is 459. The minimum Gasteiger partial charge on any atom is -0.311 e. The lowest BCUT2D eigenvalue weighted by Gasteiger charge is -2.26. The third-order valence-corrected chi connectivity index (χ3v) is 4.32. The maximum Gasteiger partial charge on any atom is 0.419 e. The smallest absolute Gasteiger partial charge is 0.311 e. The van der Waals surface area contributed by atoms with Crippen LogP contribution in [0.5, 0.6) is 0 Å². The molecule has 1 aliphatic rings. The van der Waals surface area contributed by atoms with Gasteiger partial charge in [0, 0.05) is 44.2 Å².